The molecule has 0 fully saturated rings. The van der Waals surface area contributed by atoms with Crippen LogP contribution in [-0.4, -0.2) is 15.0 Å². The molecular weight excluding hydrogens is 721 g/mol. The Hall–Kier alpha value is -7.63. The highest BCUT2D eigenvalue weighted by Crippen LogP contribution is 2.44. The van der Waals surface area contributed by atoms with Crippen molar-refractivity contribution in [1.29, 1.82) is 0 Å². The number of hydrogen-bond donors (Lipinski definition) is 0. The summed E-state index contributed by atoms with van der Waals surface area (Å²) in [7, 11) is 0. The zero-order valence-corrected chi connectivity index (χ0v) is 33.0. The molecule has 5 nitrogen and oxygen atoms in total. The van der Waals surface area contributed by atoms with Crippen LogP contribution in [0.2, 0.25) is 0 Å². The van der Waals surface area contributed by atoms with Crippen LogP contribution in [0, 0.1) is 0 Å². The highest BCUT2D eigenvalue weighted by Gasteiger charge is 2.22. The summed E-state index contributed by atoms with van der Waals surface area (Å²) in [6, 6.07) is 71.0. The third kappa shape index (κ3) is 7.62. The molecule has 2 heterocycles. The van der Waals surface area contributed by atoms with E-state index in [0.717, 1.165) is 66.8 Å². The first-order chi connectivity index (χ1) is 29.2. The van der Waals surface area contributed by atoms with E-state index in [0.29, 0.717) is 17.5 Å². The van der Waals surface area contributed by atoms with Crippen LogP contribution >= 0.6 is 0 Å². The van der Waals surface area contributed by atoms with Gasteiger partial charge in [-0.3, -0.25) is 0 Å². The summed E-state index contributed by atoms with van der Waals surface area (Å²) in [5.74, 6) is 1.76. The highest BCUT2D eigenvalue weighted by molar-refractivity contribution is 6.13. The minimum Gasteiger partial charge on any atom is -0.453 e. The van der Waals surface area contributed by atoms with Gasteiger partial charge in [0.15, 0.2) is 23.1 Å². The van der Waals surface area contributed by atoms with Gasteiger partial charge in [-0.2, -0.15) is 0 Å². The van der Waals surface area contributed by atoms with E-state index in [-0.39, 0.29) is 0 Å². The fourth-order valence-corrected chi connectivity index (χ4v) is 7.38. The number of benzene rings is 8. The molecule has 284 valence electrons. The smallest absolute Gasteiger partial charge is 0.167 e. The summed E-state index contributed by atoms with van der Waals surface area (Å²) in [4.78, 5) is 17.3. The van der Waals surface area contributed by atoms with Crippen LogP contribution < -0.4 is 4.90 Å². The van der Waals surface area contributed by atoms with Crippen molar-refractivity contribution in [2.24, 2.45) is 0 Å². The average molecular weight is 763 g/mol. The fraction of sp³-hybridized carbons (Fsp3) is 0.0556. The number of rotatable bonds is 8. The minimum atomic E-state index is 0.550. The molecular formula is C54H42N4O. The average Bonchev–Trinajstić information content (AvgIpc) is 3.71. The molecule has 0 amide bonds. The van der Waals surface area contributed by atoms with E-state index < -0.39 is 0 Å². The number of anilines is 3. The van der Waals surface area contributed by atoms with Gasteiger partial charge in [-0.05, 0) is 58.7 Å². The van der Waals surface area contributed by atoms with E-state index in [1.807, 2.05) is 78.9 Å². The van der Waals surface area contributed by atoms with Crippen LogP contribution in [0.5, 0.6) is 0 Å². The zero-order valence-electron chi connectivity index (χ0n) is 33.0. The Morgan fingerprint density at radius 3 is 1.19 bits per heavy atom. The number of fused-ring (bicyclic) bond motifs is 3. The van der Waals surface area contributed by atoms with Crippen molar-refractivity contribution in [1.82, 2.24) is 15.0 Å². The van der Waals surface area contributed by atoms with Crippen LogP contribution in [0.1, 0.15) is 20.3 Å². The molecule has 0 bridgehead atoms. The summed E-state index contributed by atoms with van der Waals surface area (Å²) < 4.78 is 7.03. The van der Waals surface area contributed by atoms with Gasteiger partial charge in [0, 0.05) is 33.3 Å². The number of aromatic nitrogens is 3. The van der Waals surface area contributed by atoms with Crippen molar-refractivity contribution in [3.63, 3.8) is 0 Å². The normalized spacial score (nSPS) is 10.9. The SMILES string of the molecule is CCC.c1ccc(-c2ccc(N(c3ccc(-c4ccccc4)cc3)c3cccc4c3oc3c(-c5nc(-c6ccccc6)nc(-c6ccccc6)n5)cccc34)cc2)cc1. The predicted molar refractivity (Wildman–Crippen MR) is 245 cm³/mol. The van der Waals surface area contributed by atoms with Gasteiger partial charge in [0.25, 0.3) is 0 Å². The first-order valence-electron chi connectivity index (χ1n) is 20.1. The van der Waals surface area contributed by atoms with Crippen LogP contribution in [0.25, 0.3) is 78.4 Å². The molecule has 0 N–H and O–H groups in total. The zero-order chi connectivity index (χ0) is 40.0. The van der Waals surface area contributed by atoms with Gasteiger partial charge in [-0.1, -0.05) is 190 Å². The lowest BCUT2D eigenvalue weighted by molar-refractivity contribution is 0.669. The summed E-state index contributed by atoms with van der Waals surface area (Å²) in [5, 5.41) is 1.99. The molecule has 8 aromatic carbocycles. The Balaban J connectivity index is 0.00000145. The third-order valence-electron chi connectivity index (χ3n) is 10.2. The molecule has 0 radical (unpaired) electrons. The molecule has 2 aromatic heterocycles. The Morgan fingerprint density at radius 2 is 0.729 bits per heavy atom. The van der Waals surface area contributed by atoms with Gasteiger partial charge in [-0.15, -0.1) is 0 Å². The molecule has 0 atom stereocenters. The van der Waals surface area contributed by atoms with Crippen molar-refractivity contribution < 1.29 is 4.42 Å². The van der Waals surface area contributed by atoms with E-state index in [4.69, 9.17) is 19.4 Å². The quantitative estimate of drug-likeness (QED) is 0.154. The lowest BCUT2D eigenvalue weighted by Crippen LogP contribution is -2.10. The second-order valence-electron chi connectivity index (χ2n) is 14.3. The summed E-state index contributed by atoms with van der Waals surface area (Å²) in [5.41, 5.74) is 11.7. The molecule has 10 rings (SSSR count). The van der Waals surface area contributed by atoms with Gasteiger partial charge < -0.3 is 9.32 Å². The van der Waals surface area contributed by atoms with E-state index in [2.05, 4.69) is 146 Å². The van der Waals surface area contributed by atoms with Crippen molar-refractivity contribution in [3.8, 4) is 56.4 Å². The van der Waals surface area contributed by atoms with Gasteiger partial charge >= 0.3 is 0 Å². The molecule has 0 aliphatic heterocycles. The molecule has 0 aliphatic carbocycles. The number of para-hydroxylation sites is 2. The summed E-state index contributed by atoms with van der Waals surface area (Å²) >= 11 is 0. The standard InChI is InChI=1S/C51H34N4O.C3H8/c1-5-15-35(16-6-1)37-27-31-41(32-28-37)55(42-33-29-38(30-34-42)36-17-7-2-8-18-36)46-26-14-24-44-43-23-13-25-45(47(43)56-48(44)46)51-53-49(39-19-9-3-10-20-39)52-50(54-51)40-21-11-4-12-22-40;1-3-2/h1-34H;3H2,1-2H3. The van der Waals surface area contributed by atoms with Crippen LogP contribution in [0.3, 0.4) is 0 Å². The molecule has 0 saturated heterocycles. The maximum Gasteiger partial charge on any atom is 0.167 e. The van der Waals surface area contributed by atoms with E-state index in [1.54, 1.807) is 0 Å². The maximum atomic E-state index is 7.03. The highest BCUT2D eigenvalue weighted by atomic mass is 16.3. The molecule has 59 heavy (non-hydrogen) atoms. The van der Waals surface area contributed by atoms with E-state index >= 15 is 0 Å². The largest absolute Gasteiger partial charge is 0.453 e. The van der Waals surface area contributed by atoms with Crippen molar-refractivity contribution in [3.05, 3.63) is 206 Å². The first-order valence-corrected chi connectivity index (χ1v) is 20.1. The second kappa shape index (κ2) is 16.8. The second-order valence-corrected chi connectivity index (χ2v) is 14.3. The van der Waals surface area contributed by atoms with Crippen LogP contribution in [-0.2, 0) is 0 Å². The van der Waals surface area contributed by atoms with Crippen molar-refractivity contribution >= 4 is 39.0 Å². The monoisotopic (exact) mass is 762 g/mol. The van der Waals surface area contributed by atoms with E-state index in [9.17, 15) is 0 Å². The minimum absolute atomic E-state index is 0.550. The molecule has 0 aliphatic rings. The number of furan rings is 1. The molecule has 10 aromatic rings. The summed E-state index contributed by atoms with van der Waals surface area (Å²) in [6.07, 6.45) is 1.25. The number of hydrogen-bond acceptors (Lipinski definition) is 5. The fourth-order valence-electron chi connectivity index (χ4n) is 7.38. The molecule has 0 saturated carbocycles. The molecule has 0 spiro atoms. The predicted octanol–water partition coefficient (Wildman–Crippen LogP) is 15.0. The van der Waals surface area contributed by atoms with Gasteiger partial charge in [0.2, 0.25) is 0 Å². The Labute approximate surface area is 345 Å². The Kier molecular flexibility index (Phi) is 10.6. The number of nitrogens with zero attached hydrogens (tertiary/aromatic N) is 4. The van der Waals surface area contributed by atoms with Crippen LogP contribution in [0.4, 0.5) is 17.1 Å². The van der Waals surface area contributed by atoms with E-state index in [1.165, 1.54) is 17.5 Å². The van der Waals surface area contributed by atoms with Gasteiger partial charge in [0.1, 0.15) is 5.58 Å². The van der Waals surface area contributed by atoms with Gasteiger partial charge in [-0.25, -0.2) is 15.0 Å². The van der Waals surface area contributed by atoms with Crippen molar-refractivity contribution in [2.45, 2.75) is 20.3 Å². The molecule has 5 heteroatoms. The topological polar surface area (TPSA) is 55.1 Å². The lowest BCUT2D eigenvalue weighted by Gasteiger charge is -2.26. The lowest BCUT2D eigenvalue weighted by atomic mass is 10.0. The first kappa shape index (κ1) is 37.0. The Bertz CT molecular complexity index is 2810. The Morgan fingerprint density at radius 1 is 0.356 bits per heavy atom. The van der Waals surface area contributed by atoms with Gasteiger partial charge in [0.05, 0.1) is 11.3 Å². The summed E-state index contributed by atoms with van der Waals surface area (Å²) in [6.45, 7) is 4.25. The van der Waals surface area contributed by atoms with Crippen LogP contribution in [0.15, 0.2) is 211 Å². The third-order valence-corrected chi connectivity index (χ3v) is 10.2. The molecule has 0 unspecified atom stereocenters. The maximum absolute atomic E-state index is 7.03. The van der Waals surface area contributed by atoms with Crippen molar-refractivity contribution in [2.75, 3.05) is 4.90 Å².